The fraction of sp³-hybridized carbons (Fsp3) is 0.417. The van der Waals surface area contributed by atoms with Crippen molar-refractivity contribution in [2.45, 2.75) is 30.2 Å². The maximum Gasteiger partial charge on any atom is 0.244 e. The highest BCUT2D eigenvalue weighted by atomic mass is 35.5. The van der Waals surface area contributed by atoms with Crippen molar-refractivity contribution in [1.29, 1.82) is 0 Å². The van der Waals surface area contributed by atoms with Crippen LogP contribution in [0.4, 0.5) is 5.69 Å². The molecule has 1 aliphatic rings. The molecule has 1 heterocycles. The maximum absolute atomic E-state index is 12.2. The van der Waals surface area contributed by atoms with E-state index >= 15 is 0 Å². The fourth-order valence-electron chi connectivity index (χ4n) is 2.13. The number of nitrogens with one attached hydrogen (secondary N) is 2. The predicted molar refractivity (Wildman–Crippen MR) is 77.1 cm³/mol. The molecule has 4 N–H and O–H groups in total. The minimum absolute atomic E-state index is 0.0956. The molecule has 8 heteroatoms. The third-order valence-electron chi connectivity index (χ3n) is 3.38. The van der Waals surface area contributed by atoms with Crippen LogP contribution in [0.3, 0.4) is 0 Å². The Morgan fingerprint density at radius 2 is 2.20 bits per heavy atom. The van der Waals surface area contributed by atoms with E-state index in [1.807, 2.05) is 0 Å². The Bertz CT molecular complexity index is 639. The number of halogens is 1. The molecule has 1 saturated heterocycles. The van der Waals surface area contributed by atoms with Crippen molar-refractivity contribution in [1.82, 2.24) is 5.32 Å². The van der Waals surface area contributed by atoms with Crippen LogP contribution < -0.4 is 15.8 Å². The lowest BCUT2D eigenvalue weighted by Gasteiger charge is -2.23. The maximum atomic E-state index is 12.2. The third kappa shape index (κ3) is 3.12. The van der Waals surface area contributed by atoms with Gasteiger partial charge in [0.25, 0.3) is 0 Å². The van der Waals surface area contributed by atoms with E-state index in [9.17, 15) is 13.2 Å². The molecule has 0 aromatic heterocycles. The van der Waals surface area contributed by atoms with Gasteiger partial charge in [-0.15, -0.1) is 0 Å². The van der Waals surface area contributed by atoms with E-state index in [4.69, 9.17) is 16.7 Å². The van der Waals surface area contributed by atoms with Crippen LogP contribution in [0.2, 0.25) is 5.02 Å². The number of nitrogens with two attached hydrogens (primary N) is 1. The number of benzene rings is 1. The van der Waals surface area contributed by atoms with Gasteiger partial charge in [0.1, 0.15) is 0 Å². The molecule has 0 aliphatic carbocycles. The standard InChI is InChI=1S/C12H16ClN3O3S/c1-12(5-2-6-15-12)11(17)16-10-7-8(20(14,18)19)3-4-9(10)13/h3-4,7,15H,2,5-6H2,1H3,(H,16,17)(H2,14,18,19). The molecule has 1 aromatic rings. The molecular weight excluding hydrogens is 302 g/mol. The van der Waals surface area contributed by atoms with Gasteiger partial charge >= 0.3 is 0 Å². The second-order valence-corrected chi connectivity index (χ2v) is 6.97. The van der Waals surface area contributed by atoms with Gasteiger partial charge < -0.3 is 10.6 Å². The van der Waals surface area contributed by atoms with E-state index < -0.39 is 15.6 Å². The first-order valence-corrected chi connectivity index (χ1v) is 8.04. The van der Waals surface area contributed by atoms with E-state index in [0.29, 0.717) is 6.42 Å². The molecule has 1 unspecified atom stereocenters. The van der Waals surface area contributed by atoms with Gasteiger partial charge in [0, 0.05) is 0 Å². The zero-order valence-corrected chi connectivity index (χ0v) is 12.5. The second-order valence-electron chi connectivity index (χ2n) is 5.00. The monoisotopic (exact) mass is 317 g/mol. The summed E-state index contributed by atoms with van der Waals surface area (Å²) in [4.78, 5) is 12.1. The van der Waals surface area contributed by atoms with Crippen LogP contribution >= 0.6 is 11.6 Å². The van der Waals surface area contributed by atoms with E-state index in [0.717, 1.165) is 13.0 Å². The number of rotatable bonds is 3. The lowest BCUT2D eigenvalue weighted by molar-refractivity contribution is -0.121. The molecule has 6 nitrogen and oxygen atoms in total. The minimum atomic E-state index is -3.84. The number of hydrogen-bond donors (Lipinski definition) is 3. The summed E-state index contributed by atoms with van der Waals surface area (Å²) in [6.45, 7) is 2.57. The Hall–Kier alpha value is -1.15. The normalized spacial score (nSPS) is 22.8. The predicted octanol–water partition coefficient (Wildman–Crippen LogP) is 1.07. The molecule has 1 aromatic carbocycles. The summed E-state index contributed by atoms with van der Waals surface area (Å²) in [7, 11) is -3.84. The SMILES string of the molecule is CC1(C(=O)Nc2cc(S(N)(=O)=O)ccc2Cl)CCCN1. The number of carbonyl (C=O) groups is 1. The van der Waals surface area contributed by atoms with E-state index in [2.05, 4.69) is 10.6 Å². The summed E-state index contributed by atoms with van der Waals surface area (Å²) in [6, 6.07) is 3.94. The number of carbonyl (C=O) groups excluding carboxylic acids is 1. The molecule has 2 rings (SSSR count). The van der Waals surface area contributed by atoms with Crippen molar-refractivity contribution in [3.05, 3.63) is 23.2 Å². The van der Waals surface area contributed by atoms with Gasteiger partial charge in [0.2, 0.25) is 15.9 Å². The lowest BCUT2D eigenvalue weighted by atomic mass is 9.99. The Morgan fingerprint density at radius 3 is 2.75 bits per heavy atom. The highest BCUT2D eigenvalue weighted by Crippen LogP contribution is 2.27. The van der Waals surface area contributed by atoms with Gasteiger partial charge in [-0.25, -0.2) is 13.6 Å². The van der Waals surface area contributed by atoms with Crippen LogP contribution in [0.1, 0.15) is 19.8 Å². The molecule has 0 radical (unpaired) electrons. The number of sulfonamides is 1. The molecule has 20 heavy (non-hydrogen) atoms. The summed E-state index contributed by atoms with van der Waals surface area (Å²) >= 11 is 5.97. The van der Waals surface area contributed by atoms with E-state index in [-0.39, 0.29) is 21.5 Å². The summed E-state index contributed by atoms with van der Waals surface area (Å²) < 4.78 is 22.6. The quantitative estimate of drug-likeness (QED) is 0.776. The Balaban J connectivity index is 2.27. The van der Waals surface area contributed by atoms with Crippen molar-refractivity contribution in [2.24, 2.45) is 5.14 Å². The van der Waals surface area contributed by atoms with Gasteiger partial charge in [-0.3, -0.25) is 4.79 Å². The Morgan fingerprint density at radius 1 is 1.50 bits per heavy atom. The zero-order valence-electron chi connectivity index (χ0n) is 10.9. The average Bonchev–Trinajstić information content (AvgIpc) is 2.79. The van der Waals surface area contributed by atoms with Crippen molar-refractivity contribution in [3.8, 4) is 0 Å². The molecule has 110 valence electrons. The van der Waals surface area contributed by atoms with Crippen molar-refractivity contribution in [2.75, 3.05) is 11.9 Å². The molecule has 0 spiro atoms. The minimum Gasteiger partial charge on any atom is -0.323 e. The Labute approximate surface area is 122 Å². The van der Waals surface area contributed by atoms with Gasteiger partial charge in [0.15, 0.2) is 0 Å². The lowest BCUT2D eigenvalue weighted by Crippen LogP contribution is -2.48. The third-order valence-corrected chi connectivity index (χ3v) is 4.63. The molecule has 0 saturated carbocycles. The first-order valence-electron chi connectivity index (χ1n) is 6.11. The molecule has 1 amide bonds. The van der Waals surface area contributed by atoms with Crippen LogP contribution in [-0.2, 0) is 14.8 Å². The summed E-state index contributed by atoms with van der Waals surface area (Å²) in [6.07, 6.45) is 1.63. The largest absolute Gasteiger partial charge is 0.323 e. The number of anilines is 1. The molecule has 1 aliphatic heterocycles. The van der Waals surface area contributed by atoms with Gasteiger partial charge in [0.05, 0.1) is 21.1 Å². The smallest absolute Gasteiger partial charge is 0.244 e. The van der Waals surface area contributed by atoms with E-state index in [1.54, 1.807) is 6.92 Å². The van der Waals surface area contributed by atoms with Crippen LogP contribution in [0.15, 0.2) is 23.1 Å². The molecule has 1 fully saturated rings. The fourth-order valence-corrected chi connectivity index (χ4v) is 2.83. The summed E-state index contributed by atoms with van der Waals surface area (Å²) in [5.74, 6) is -0.247. The molecular formula is C12H16ClN3O3S. The average molecular weight is 318 g/mol. The highest BCUT2D eigenvalue weighted by molar-refractivity contribution is 7.89. The van der Waals surface area contributed by atoms with Gasteiger partial charge in [-0.1, -0.05) is 11.6 Å². The van der Waals surface area contributed by atoms with Crippen LogP contribution in [0.5, 0.6) is 0 Å². The van der Waals surface area contributed by atoms with Crippen LogP contribution in [-0.4, -0.2) is 26.4 Å². The van der Waals surface area contributed by atoms with E-state index in [1.165, 1.54) is 18.2 Å². The van der Waals surface area contributed by atoms with Crippen molar-refractivity contribution in [3.63, 3.8) is 0 Å². The molecule has 0 bridgehead atoms. The molecule has 1 atom stereocenters. The van der Waals surface area contributed by atoms with Crippen molar-refractivity contribution < 1.29 is 13.2 Å². The summed E-state index contributed by atoms with van der Waals surface area (Å²) in [5.41, 5.74) is -0.431. The first-order chi connectivity index (χ1) is 9.22. The summed E-state index contributed by atoms with van der Waals surface area (Å²) in [5, 5.41) is 11.1. The second kappa shape index (κ2) is 5.33. The highest BCUT2D eigenvalue weighted by Gasteiger charge is 2.36. The number of amides is 1. The van der Waals surface area contributed by atoms with Crippen LogP contribution in [0, 0.1) is 0 Å². The topological polar surface area (TPSA) is 101 Å². The van der Waals surface area contributed by atoms with Crippen LogP contribution in [0.25, 0.3) is 0 Å². The van der Waals surface area contributed by atoms with Gasteiger partial charge in [-0.2, -0.15) is 0 Å². The first kappa shape index (κ1) is 15.2. The van der Waals surface area contributed by atoms with Crippen molar-refractivity contribution >= 4 is 33.2 Å². The van der Waals surface area contributed by atoms with Gasteiger partial charge in [-0.05, 0) is 44.5 Å². The Kier molecular flexibility index (Phi) is 4.06. The zero-order chi connectivity index (χ0) is 15.0. The number of hydrogen-bond acceptors (Lipinski definition) is 4. The number of primary sulfonamides is 1.